The lowest BCUT2D eigenvalue weighted by Gasteiger charge is -2.22. The number of hydrogen-bond acceptors (Lipinski definition) is 2. The molecule has 4 nitrogen and oxygen atoms in total. The van der Waals surface area contributed by atoms with E-state index < -0.39 is 0 Å². The van der Waals surface area contributed by atoms with Crippen molar-refractivity contribution in [2.45, 2.75) is 26.2 Å². The SMILES string of the molecule is COc1cc(N=[N+]=[N-])ccc1C(C)(C)C. The summed E-state index contributed by atoms with van der Waals surface area (Å²) in [6.45, 7) is 6.33. The molecular formula is C11H15N3O. The molecule has 0 aliphatic carbocycles. The molecule has 0 unspecified atom stereocenters. The van der Waals surface area contributed by atoms with E-state index in [1.165, 1.54) is 0 Å². The molecule has 1 aromatic carbocycles. The maximum Gasteiger partial charge on any atom is 0.123 e. The molecule has 0 fully saturated rings. The molecule has 0 atom stereocenters. The zero-order valence-electron chi connectivity index (χ0n) is 9.48. The molecule has 0 spiro atoms. The molecule has 0 N–H and O–H groups in total. The van der Waals surface area contributed by atoms with Crippen LogP contribution in [-0.4, -0.2) is 7.11 Å². The van der Waals surface area contributed by atoms with Crippen molar-refractivity contribution < 1.29 is 4.74 Å². The van der Waals surface area contributed by atoms with Crippen molar-refractivity contribution in [3.63, 3.8) is 0 Å². The van der Waals surface area contributed by atoms with Crippen molar-refractivity contribution >= 4 is 5.69 Å². The predicted octanol–water partition coefficient (Wildman–Crippen LogP) is 3.93. The van der Waals surface area contributed by atoms with E-state index in [-0.39, 0.29) is 5.41 Å². The lowest BCUT2D eigenvalue weighted by molar-refractivity contribution is 0.398. The van der Waals surface area contributed by atoms with Gasteiger partial charge in [-0.15, -0.1) is 0 Å². The zero-order chi connectivity index (χ0) is 11.5. The van der Waals surface area contributed by atoms with Gasteiger partial charge in [-0.05, 0) is 22.6 Å². The van der Waals surface area contributed by atoms with Gasteiger partial charge in [0.2, 0.25) is 0 Å². The number of rotatable bonds is 2. The minimum Gasteiger partial charge on any atom is -0.496 e. The summed E-state index contributed by atoms with van der Waals surface area (Å²) in [5.41, 5.74) is 10.0. The van der Waals surface area contributed by atoms with Gasteiger partial charge < -0.3 is 4.74 Å². The van der Waals surface area contributed by atoms with Crippen LogP contribution in [0.15, 0.2) is 23.3 Å². The first-order chi connectivity index (χ1) is 6.99. The smallest absolute Gasteiger partial charge is 0.123 e. The van der Waals surface area contributed by atoms with Crippen LogP contribution in [0.3, 0.4) is 0 Å². The van der Waals surface area contributed by atoms with Crippen LogP contribution in [0.5, 0.6) is 5.75 Å². The van der Waals surface area contributed by atoms with E-state index in [9.17, 15) is 0 Å². The molecule has 0 aromatic heterocycles. The Balaban J connectivity index is 3.27. The second kappa shape index (κ2) is 4.24. The van der Waals surface area contributed by atoms with Gasteiger partial charge in [0.05, 0.1) is 7.11 Å². The molecule has 0 aliphatic heterocycles. The van der Waals surface area contributed by atoms with E-state index in [1.807, 2.05) is 6.07 Å². The molecule has 4 heteroatoms. The summed E-state index contributed by atoms with van der Waals surface area (Å²) in [6, 6.07) is 5.48. The average molecular weight is 205 g/mol. The van der Waals surface area contributed by atoms with Gasteiger partial charge in [0.25, 0.3) is 0 Å². The van der Waals surface area contributed by atoms with E-state index >= 15 is 0 Å². The minimum absolute atomic E-state index is 0.0141. The van der Waals surface area contributed by atoms with Gasteiger partial charge in [0.15, 0.2) is 0 Å². The topological polar surface area (TPSA) is 58.0 Å². The fraction of sp³-hybridized carbons (Fsp3) is 0.455. The summed E-state index contributed by atoms with van der Waals surface area (Å²) in [7, 11) is 1.62. The highest BCUT2D eigenvalue weighted by Crippen LogP contribution is 2.33. The second-order valence-electron chi connectivity index (χ2n) is 4.32. The van der Waals surface area contributed by atoms with Gasteiger partial charge in [0, 0.05) is 10.6 Å². The monoisotopic (exact) mass is 205 g/mol. The molecule has 0 amide bonds. The van der Waals surface area contributed by atoms with Crippen molar-refractivity contribution in [1.82, 2.24) is 0 Å². The van der Waals surface area contributed by atoms with Gasteiger partial charge in [-0.25, -0.2) is 0 Å². The van der Waals surface area contributed by atoms with Gasteiger partial charge in [-0.3, -0.25) is 0 Å². The Morgan fingerprint density at radius 3 is 2.47 bits per heavy atom. The summed E-state index contributed by atoms with van der Waals surface area (Å²) in [5, 5.41) is 3.54. The van der Waals surface area contributed by atoms with E-state index in [1.54, 1.807) is 19.2 Å². The third kappa shape index (κ3) is 2.64. The number of hydrogen-bond donors (Lipinski definition) is 0. The van der Waals surface area contributed by atoms with Crippen LogP contribution in [0.2, 0.25) is 0 Å². The Hall–Kier alpha value is -1.67. The van der Waals surface area contributed by atoms with Crippen LogP contribution in [0.1, 0.15) is 26.3 Å². The molecule has 1 aromatic rings. The van der Waals surface area contributed by atoms with Gasteiger partial charge >= 0.3 is 0 Å². The largest absolute Gasteiger partial charge is 0.496 e. The number of azide groups is 1. The first-order valence-electron chi connectivity index (χ1n) is 4.72. The standard InChI is InChI=1S/C11H15N3O/c1-11(2,3)9-6-5-8(13-14-12)7-10(9)15-4/h5-7H,1-4H3. The molecule has 0 bridgehead atoms. The van der Waals surface area contributed by atoms with Crippen molar-refractivity contribution in [2.24, 2.45) is 5.11 Å². The minimum atomic E-state index is 0.0141. The molecular weight excluding hydrogens is 190 g/mol. The zero-order valence-corrected chi connectivity index (χ0v) is 9.48. The summed E-state index contributed by atoms with van der Waals surface area (Å²) < 4.78 is 5.28. The molecule has 0 aliphatic rings. The third-order valence-electron chi connectivity index (χ3n) is 2.15. The highest BCUT2D eigenvalue weighted by molar-refractivity contribution is 5.50. The molecule has 0 heterocycles. The Labute approximate surface area is 89.5 Å². The fourth-order valence-electron chi connectivity index (χ4n) is 1.41. The number of benzene rings is 1. The van der Waals surface area contributed by atoms with Crippen LogP contribution in [0, 0.1) is 0 Å². The summed E-state index contributed by atoms with van der Waals surface area (Å²) in [5.74, 6) is 0.757. The van der Waals surface area contributed by atoms with Gasteiger partial charge in [0.1, 0.15) is 5.75 Å². The molecule has 0 saturated carbocycles. The average Bonchev–Trinajstić information content (AvgIpc) is 2.16. The molecule has 80 valence electrons. The highest BCUT2D eigenvalue weighted by atomic mass is 16.5. The first-order valence-corrected chi connectivity index (χ1v) is 4.72. The van der Waals surface area contributed by atoms with Crippen LogP contribution >= 0.6 is 0 Å². The second-order valence-corrected chi connectivity index (χ2v) is 4.32. The van der Waals surface area contributed by atoms with Crippen LogP contribution in [0.25, 0.3) is 10.4 Å². The first kappa shape index (κ1) is 11.4. The molecule has 0 radical (unpaired) electrons. The highest BCUT2D eigenvalue weighted by Gasteiger charge is 2.18. The molecule has 0 saturated heterocycles. The quantitative estimate of drug-likeness (QED) is 0.410. The Kier molecular flexibility index (Phi) is 3.22. The number of ether oxygens (including phenoxy) is 1. The Bertz CT molecular complexity index is 401. The maximum atomic E-state index is 8.33. The van der Waals surface area contributed by atoms with Gasteiger partial charge in [-0.1, -0.05) is 38.0 Å². The number of nitrogens with zero attached hydrogens (tertiary/aromatic N) is 3. The summed E-state index contributed by atoms with van der Waals surface area (Å²) in [4.78, 5) is 2.74. The fourth-order valence-corrected chi connectivity index (χ4v) is 1.41. The van der Waals surface area contributed by atoms with Crippen LogP contribution in [-0.2, 0) is 5.41 Å². The van der Waals surface area contributed by atoms with Crippen molar-refractivity contribution in [2.75, 3.05) is 7.11 Å². The predicted molar refractivity (Wildman–Crippen MR) is 60.5 cm³/mol. The third-order valence-corrected chi connectivity index (χ3v) is 2.15. The maximum absolute atomic E-state index is 8.33. The van der Waals surface area contributed by atoms with E-state index in [4.69, 9.17) is 10.3 Å². The number of methoxy groups -OCH3 is 1. The van der Waals surface area contributed by atoms with E-state index in [0.29, 0.717) is 5.69 Å². The lowest BCUT2D eigenvalue weighted by atomic mass is 9.86. The van der Waals surface area contributed by atoms with Gasteiger partial charge in [-0.2, -0.15) is 0 Å². The van der Waals surface area contributed by atoms with E-state index in [2.05, 4.69) is 30.8 Å². The summed E-state index contributed by atoms with van der Waals surface area (Å²) in [6.07, 6.45) is 0. The van der Waals surface area contributed by atoms with Crippen LogP contribution in [0.4, 0.5) is 5.69 Å². The van der Waals surface area contributed by atoms with Crippen molar-refractivity contribution in [1.29, 1.82) is 0 Å². The van der Waals surface area contributed by atoms with Crippen molar-refractivity contribution in [3.8, 4) is 5.75 Å². The van der Waals surface area contributed by atoms with Crippen LogP contribution < -0.4 is 4.74 Å². The summed E-state index contributed by atoms with van der Waals surface area (Å²) >= 11 is 0. The van der Waals surface area contributed by atoms with E-state index in [0.717, 1.165) is 11.3 Å². The normalized spacial score (nSPS) is 10.7. The molecule has 1 rings (SSSR count). The lowest BCUT2D eigenvalue weighted by Crippen LogP contribution is -2.12. The molecule has 15 heavy (non-hydrogen) atoms. The van der Waals surface area contributed by atoms with Crippen molar-refractivity contribution in [3.05, 3.63) is 34.2 Å². The Morgan fingerprint density at radius 2 is 2.00 bits per heavy atom. The Morgan fingerprint density at radius 1 is 1.33 bits per heavy atom.